The normalized spacial score (nSPS) is 9.69. The van der Waals surface area contributed by atoms with Crippen LogP contribution in [0.5, 0.6) is 0 Å². The van der Waals surface area contributed by atoms with Crippen LogP contribution in [0.25, 0.3) is 11.1 Å². The molecule has 0 amide bonds. The molecular formula is C16H12N6O4. The number of ether oxygens (including phenoxy) is 2. The van der Waals surface area contributed by atoms with E-state index in [1.165, 1.54) is 12.4 Å². The number of methoxy groups -OCH3 is 2. The van der Waals surface area contributed by atoms with Crippen LogP contribution in [0, 0.1) is 22.7 Å². The summed E-state index contributed by atoms with van der Waals surface area (Å²) in [6.45, 7) is 0. The van der Waals surface area contributed by atoms with Gasteiger partial charge in [-0.15, -0.1) is 0 Å². The Morgan fingerprint density at radius 3 is 1.50 bits per heavy atom. The summed E-state index contributed by atoms with van der Waals surface area (Å²) in [6.07, 6.45) is 2.42. The van der Waals surface area contributed by atoms with Gasteiger partial charge in [-0.05, 0) is 0 Å². The number of carbonyl (C=O) groups is 2. The molecule has 0 aliphatic rings. The van der Waals surface area contributed by atoms with Gasteiger partial charge in [0.25, 0.3) is 0 Å². The van der Waals surface area contributed by atoms with Crippen LogP contribution in [0.2, 0.25) is 0 Å². The molecule has 10 nitrogen and oxygen atoms in total. The smallest absolute Gasteiger partial charge is 0.342 e. The molecule has 0 saturated heterocycles. The molecule has 0 saturated carbocycles. The molecule has 2 rings (SSSR count). The van der Waals surface area contributed by atoms with Gasteiger partial charge in [0.05, 0.1) is 25.6 Å². The van der Waals surface area contributed by atoms with E-state index in [4.69, 9.17) is 22.0 Å². The van der Waals surface area contributed by atoms with E-state index < -0.39 is 11.9 Å². The molecule has 0 radical (unpaired) electrons. The summed E-state index contributed by atoms with van der Waals surface area (Å²) >= 11 is 0. The third kappa shape index (κ3) is 2.83. The van der Waals surface area contributed by atoms with Gasteiger partial charge >= 0.3 is 11.9 Å². The standard InChI is InChI=1S/C16H12N6O4/c1-25-15(23)11-9(3-17)21-5-7(13(11)19)8-6-22-10(4-18)12(14(8)20)16(24)26-2/h5-6H,1-2H3,(H2,19,21)(H2,20,22). The number of carbonyl (C=O) groups excluding carboxylic acids is 2. The molecule has 0 aliphatic heterocycles. The summed E-state index contributed by atoms with van der Waals surface area (Å²) in [7, 11) is 2.26. The minimum absolute atomic E-state index is 0.127. The average Bonchev–Trinajstić information content (AvgIpc) is 2.66. The Hall–Kier alpha value is -4.18. The van der Waals surface area contributed by atoms with E-state index in [2.05, 4.69) is 19.4 Å². The van der Waals surface area contributed by atoms with Crippen molar-refractivity contribution in [2.45, 2.75) is 0 Å². The molecule has 2 aromatic heterocycles. The van der Waals surface area contributed by atoms with Crippen molar-refractivity contribution in [3.05, 3.63) is 34.9 Å². The number of nitrogen functional groups attached to an aromatic ring is 2. The Morgan fingerprint density at radius 2 is 1.23 bits per heavy atom. The fourth-order valence-corrected chi connectivity index (χ4v) is 2.27. The van der Waals surface area contributed by atoms with Crippen molar-refractivity contribution in [2.24, 2.45) is 0 Å². The van der Waals surface area contributed by atoms with Crippen molar-refractivity contribution in [1.29, 1.82) is 10.5 Å². The number of nitrogens with zero attached hydrogens (tertiary/aromatic N) is 4. The summed E-state index contributed by atoms with van der Waals surface area (Å²) in [6, 6.07) is 3.49. The molecule has 10 heteroatoms. The fourth-order valence-electron chi connectivity index (χ4n) is 2.27. The number of esters is 2. The van der Waals surface area contributed by atoms with Crippen molar-refractivity contribution < 1.29 is 19.1 Å². The summed E-state index contributed by atoms with van der Waals surface area (Å²) < 4.78 is 9.24. The monoisotopic (exact) mass is 352 g/mol. The van der Waals surface area contributed by atoms with Gasteiger partial charge in [0.1, 0.15) is 23.3 Å². The zero-order valence-corrected chi connectivity index (χ0v) is 13.7. The van der Waals surface area contributed by atoms with E-state index in [-0.39, 0.29) is 45.0 Å². The van der Waals surface area contributed by atoms with Gasteiger partial charge in [-0.2, -0.15) is 10.5 Å². The second kappa shape index (κ2) is 7.15. The second-order valence-corrected chi connectivity index (χ2v) is 4.83. The molecule has 0 aromatic carbocycles. The molecule has 2 heterocycles. The highest BCUT2D eigenvalue weighted by molar-refractivity contribution is 6.05. The van der Waals surface area contributed by atoms with Crippen molar-refractivity contribution in [2.75, 3.05) is 25.7 Å². The minimum atomic E-state index is -0.859. The fraction of sp³-hybridized carbons (Fsp3) is 0.125. The summed E-state index contributed by atoms with van der Waals surface area (Å²) in [5, 5.41) is 18.2. The summed E-state index contributed by atoms with van der Waals surface area (Å²) in [5.41, 5.74) is 11.1. The molecule has 0 unspecified atom stereocenters. The number of anilines is 2. The highest BCUT2D eigenvalue weighted by Gasteiger charge is 2.25. The van der Waals surface area contributed by atoms with Gasteiger partial charge in [0, 0.05) is 23.5 Å². The molecular weight excluding hydrogens is 340 g/mol. The lowest BCUT2D eigenvalue weighted by atomic mass is 9.98. The Balaban J connectivity index is 2.83. The first kappa shape index (κ1) is 18.2. The molecule has 0 atom stereocenters. The number of nitriles is 2. The largest absolute Gasteiger partial charge is 0.465 e. The van der Waals surface area contributed by atoms with Crippen LogP contribution < -0.4 is 11.5 Å². The van der Waals surface area contributed by atoms with Crippen LogP contribution in [-0.2, 0) is 9.47 Å². The van der Waals surface area contributed by atoms with Gasteiger partial charge in [-0.3, -0.25) is 0 Å². The van der Waals surface area contributed by atoms with Crippen LogP contribution in [-0.4, -0.2) is 36.1 Å². The Morgan fingerprint density at radius 1 is 0.885 bits per heavy atom. The molecule has 4 N–H and O–H groups in total. The topological polar surface area (TPSA) is 178 Å². The van der Waals surface area contributed by atoms with E-state index in [1.807, 2.05) is 0 Å². The Labute approximate surface area is 147 Å². The van der Waals surface area contributed by atoms with Crippen LogP contribution in [0.15, 0.2) is 12.4 Å². The summed E-state index contributed by atoms with van der Waals surface area (Å²) in [4.78, 5) is 31.6. The van der Waals surface area contributed by atoms with Crippen molar-refractivity contribution in [3.8, 4) is 23.3 Å². The highest BCUT2D eigenvalue weighted by Crippen LogP contribution is 2.35. The molecule has 0 bridgehead atoms. The van der Waals surface area contributed by atoms with E-state index in [1.54, 1.807) is 12.1 Å². The summed E-state index contributed by atoms with van der Waals surface area (Å²) in [5.74, 6) is -1.72. The number of nitrogens with two attached hydrogens (primary N) is 2. The van der Waals surface area contributed by atoms with Crippen LogP contribution >= 0.6 is 0 Å². The maximum Gasteiger partial charge on any atom is 0.342 e. The predicted molar refractivity (Wildman–Crippen MR) is 88.4 cm³/mol. The zero-order chi connectivity index (χ0) is 19.4. The van der Waals surface area contributed by atoms with E-state index >= 15 is 0 Å². The van der Waals surface area contributed by atoms with E-state index in [0.717, 1.165) is 14.2 Å². The first-order valence-corrected chi connectivity index (χ1v) is 6.95. The maximum absolute atomic E-state index is 11.9. The van der Waals surface area contributed by atoms with E-state index in [9.17, 15) is 9.59 Å². The van der Waals surface area contributed by atoms with Crippen LogP contribution in [0.1, 0.15) is 32.1 Å². The van der Waals surface area contributed by atoms with Crippen LogP contribution in [0.3, 0.4) is 0 Å². The second-order valence-electron chi connectivity index (χ2n) is 4.83. The molecule has 26 heavy (non-hydrogen) atoms. The Kier molecular flexibility index (Phi) is 5.00. The molecule has 130 valence electrons. The number of rotatable bonds is 3. The molecule has 0 spiro atoms. The third-order valence-electron chi connectivity index (χ3n) is 3.52. The SMILES string of the molecule is COC(=O)c1c(C#N)ncc(-c2cnc(C#N)c(C(=O)OC)c2N)c1N. The van der Waals surface area contributed by atoms with Crippen molar-refractivity contribution in [1.82, 2.24) is 9.97 Å². The number of hydrogen-bond donors (Lipinski definition) is 2. The predicted octanol–water partition coefficient (Wildman–Crippen LogP) is 0.625. The quantitative estimate of drug-likeness (QED) is 0.744. The van der Waals surface area contributed by atoms with Crippen molar-refractivity contribution in [3.63, 3.8) is 0 Å². The van der Waals surface area contributed by atoms with E-state index in [0.29, 0.717) is 0 Å². The molecule has 2 aromatic rings. The Bertz CT molecular complexity index is 922. The lowest BCUT2D eigenvalue weighted by Crippen LogP contribution is -2.13. The minimum Gasteiger partial charge on any atom is -0.465 e. The third-order valence-corrected chi connectivity index (χ3v) is 3.52. The lowest BCUT2D eigenvalue weighted by molar-refractivity contribution is 0.0592. The van der Waals surface area contributed by atoms with Gasteiger partial charge < -0.3 is 20.9 Å². The maximum atomic E-state index is 11.9. The highest BCUT2D eigenvalue weighted by atomic mass is 16.5. The van der Waals surface area contributed by atoms with Crippen LogP contribution in [0.4, 0.5) is 11.4 Å². The molecule has 0 fully saturated rings. The van der Waals surface area contributed by atoms with Gasteiger partial charge in [0.15, 0.2) is 11.4 Å². The van der Waals surface area contributed by atoms with Gasteiger partial charge in [0.2, 0.25) is 0 Å². The van der Waals surface area contributed by atoms with Gasteiger partial charge in [-0.25, -0.2) is 19.6 Å². The van der Waals surface area contributed by atoms with Crippen molar-refractivity contribution >= 4 is 23.3 Å². The lowest BCUT2D eigenvalue weighted by Gasteiger charge is -2.14. The first-order valence-electron chi connectivity index (χ1n) is 6.95. The number of pyridine rings is 2. The van der Waals surface area contributed by atoms with Gasteiger partial charge in [-0.1, -0.05) is 0 Å². The number of aromatic nitrogens is 2. The molecule has 0 aliphatic carbocycles. The zero-order valence-electron chi connectivity index (χ0n) is 13.7. The first-order chi connectivity index (χ1) is 12.4. The average molecular weight is 352 g/mol. The number of hydrogen-bond acceptors (Lipinski definition) is 10.